The molecule has 0 aliphatic heterocycles. The van der Waals surface area contributed by atoms with Crippen molar-refractivity contribution in [3.63, 3.8) is 0 Å². The fourth-order valence-electron chi connectivity index (χ4n) is 7.04. The van der Waals surface area contributed by atoms with Crippen molar-refractivity contribution in [3.05, 3.63) is 168 Å². The van der Waals surface area contributed by atoms with Gasteiger partial charge in [-0.1, -0.05) is 125 Å². The van der Waals surface area contributed by atoms with Crippen LogP contribution in [0.2, 0.25) is 0 Å². The predicted octanol–water partition coefficient (Wildman–Crippen LogP) is 13.5. The Balaban J connectivity index is 1.44. The molecular weight excluding hydrogens is 671 g/mol. The Morgan fingerprint density at radius 2 is 1.47 bits per heavy atom. The van der Waals surface area contributed by atoms with Crippen LogP contribution < -0.4 is 0 Å². The van der Waals surface area contributed by atoms with E-state index in [4.69, 9.17) is 16.0 Å². The van der Waals surface area contributed by atoms with Crippen LogP contribution in [-0.4, -0.2) is 19.6 Å². The first-order valence-electron chi connectivity index (χ1n) is 22.8. The molecule has 0 saturated heterocycles. The van der Waals surface area contributed by atoms with Crippen LogP contribution in [-0.2, 0) is 5.41 Å². The van der Waals surface area contributed by atoms with Crippen molar-refractivity contribution >= 4 is 11.0 Å². The summed E-state index contributed by atoms with van der Waals surface area (Å²) < 4.78 is 80.3. The highest BCUT2D eigenvalue weighted by atomic mass is 16.3. The number of rotatable bonds is 7. The molecule has 1 N–H and O–H groups in total. The molecule has 0 aliphatic rings. The molecule has 2 aromatic heterocycles. The molecular formula is C51H47N3O. The summed E-state index contributed by atoms with van der Waals surface area (Å²) in [6.07, 6.45) is -0.512. The minimum atomic E-state index is -0.961. The number of nitrogens with zero attached hydrogens (tertiary/aromatic N) is 3. The lowest BCUT2D eigenvalue weighted by atomic mass is 9.83. The van der Waals surface area contributed by atoms with Crippen LogP contribution in [0, 0.1) is 13.8 Å². The van der Waals surface area contributed by atoms with Crippen LogP contribution in [0.4, 0.5) is 0 Å². The maximum atomic E-state index is 11.7. The van der Waals surface area contributed by atoms with E-state index in [1.165, 1.54) is 0 Å². The highest BCUT2D eigenvalue weighted by molar-refractivity contribution is 5.97. The van der Waals surface area contributed by atoms with Crippen LogP contribution in [0.25, 0.3) is 72.7 Å². The topological polar surface area (TPSA) is 50.9 Å². The smallest absolute Gasteiger partial charge is 0.149 e. The third-order valence-corrected chi connectivity index (χ3v) is 9.96. The molecule has 0 spiro atoms. The third kappa shape index (κ3) is 6.97. The van der Waals surface area contributed by atoms with Gasteiger partial charge in [-0.2, -0.15) is 0 Å². The van der Waals surface area contributed by atoms with Gasteiger partial charge in [-0.15, -0.1) is 0 Å². The van der Waals surface area contributed by atoms with Gasteiger partial charge in [-0.05, 0) is 124 Å². The zero-order chi connectivity index (χ0) is 46.3. The molecule has 4 nitrogen and oxygen atoms in total. The molecule has 0 aliphatic carbocycles. The summed E-state index contributed by atoms with van der Waals surface area (Å²) in [5.41, 5.74) is 8.57. The Morgan fingerprint density at radius 1 is 0.709 bits per heavy atom. The maximum absolute atomic E-state index is 11.7. The molecule has 4 heteroatoms. The normalized spacial score (nSPS) is 14.3. The van der Waals surface area contributed by atoms with Crippen LogP contribution in [0.15, 0.2) is 146 Å². The number of aryl methyl sites for hydroxylation is 2. The number of pyridine rings is 1. The zero-order valence-electron chi connectivity index (χ0n) is 41.0. The van der Waals surface area contributed by atoms with Crippen molar-refractivity contribution in [2.24, 2.45) is 0 Å². The number of fused-ring (bicyclic) bond motifs is 1. The highest BCUT2D eigenvalue weighted by Crippen LogP contribution is 2.42. The quantitative estimate of drug-likeness (QED) is 0.178. The Labute approximate surface area is 337 Å². The van der Waals surface area contributed by atoms with E-state index in [1.807, 2.05) is 144 Å². The predicted molar refractivity (Wildman–Crippen MR) is 230 cm³/mol. The average molecular weight is 727 g/mol. The SMILES string of the molecule is [2H]c1nc(-c2cc(-c3cccc4c3nc(-c3cc(C)cc(C)c3O)n4-c3cc(-c4ccccc4)cc(C([2H])(C)C)c3)cc(C(C)(C)C)c2)c([2H])c(-c2c([2H])c([2H])c([2H])c([2H])c2[2H])c1[2H]. The molecule has 2 heterocycles. The fourth-order valence-corrected chi connectivity index (χ4v) is 7.04. The van der Waals surface area contributed by atoms with Crippen LogP contribution in [0.1, 0.15) is 75.1 Å². The van der Waals surface area contributed by atoms with E-state index in [9.17, 15) is 6.48 Å². The van der Waals surface area contributed by atoms with Gasteiger partial charge in [0.2, 0.25) is 0 Å². The van der Waals surface area contributed by atoms with Gasteiger partial charge in [0.25, 0.3) is 0 Å². The molecule has 0 amide bonds. The molecule has 0 bridgehead atoms. The maximum Gasteiger partial charge on any atom is 0.149 e. The Bertz CT molecular complexity index is 3170. The van der Waals surface area contributed by atoms with Crippen molar-refractivity contribution in [1.29, 1.82) is 0 Å². The third-order valence-electron chi connectivity index (χ3n) is 9.96. The van der Waals surface area contributed by atoms with Crippen molar-refractivity contribution in [2.75, 3.05) is 0 Å². The largest absolute Gasteiger partial charge is 0.507 e. The standard InChI is InChI=1S/C51H47N3O/c1-32(2)38-25-39(36-17-12-9-13-18-36)30-43(29-38)54-47-20-14-19-44(48(47)53-50(54)45-24-33(3)23-34(4)49(45)55)40-26-41(28-42(27-40)51(5,6)7)46-31-37(21-22-52-46)35-15-10-8-11-16-35/h8-32,55H,1-7H3/i8D,10D,11D,15D,16D,21D,22D,31D,32D. The number of phenolic OH excluding ortho intramolecular Hbond substituents is 1. The highest BCUT2D eigenvalue weighted by Gasteiger charge is 2.24. The number of aromatic nitrogens is 3. The first-order chi connectivity index (χ1) is 30.1. The summed E-state index contributed by atoms with van der Waals surface area (Å²) >= 11 is 0. The molecule has 8 aromatic rings. The van der Waals surface area contributed by atoms with Gasteiger partial charge < -0.3 is 5.11 Å². The van der Waals surface area contributed by atoms with Crippen LogP contribution in [0.5, 0.6) is 5.75 Å². The lowest BCUT2D eigenvalue weighted by molar-refractivity contribution is 0.472. The number of para-hydroxylation sites is 1. The molecule has 0 fully saturated rings. The van der Waals surface area contributed by atoms with Crippen molar-refractivity contribution < 1.29 is 17.4 Å². The molecule has 0 unspecified atom stereocenters. The van der Waals surface area contributed by atoms with Crippen LogP contribution in [0.3, 0.4) is 0 Å². The molecule has 6 aromatic carbocycles. The van der Waals surface area contributed by atoms with E-state index in [0.29, 0.717) is 33.6 Å². The number of hydrogen-bond donors (Lipinski definition) is 1. The van der Waals surface area contributed by atoms with E-state index in [-0.39, 0.29) is 28.6 Å². The van der Waals surface area contributed by atoms with Crippen molar-refractivity contribution in [2.45, 2.75) is 59.8 Å². The van der Waals surface area contributed by atoms with Gasteiger partial charge in [-0.25, -0.2) is 4.98 Å². The van der Waals surface area contributed by atoms with E-state index < -0.39 is 53.7 Å². The number of imidazole rings is 1. The molecule has 8 rings (SSSR count). The zero-order valence-corrected chi connectivity index (χ0v) is 32.0. The van der Waals surface area contributed by atoms with Gasteiger partial charge in [0.1, 0.15) is 11.6 Å². The second-order valence-corrected chi connectivity index (χ2v) is 15.3. The molecule has 0 radical (unpaired) electrons. The molecule has 0 saturated carbocycles. The van der Waals surface area contributed by atoms with Gasteiger partial charge in [0.15, 0.2) is 0 Å². The van der Waals surface area contributed by atoms with Gasteiger partial charge in [0, 0.05) is 24.4 Å². The Kier molecular flexibility index (Phi) is 6.84. The number of hydrogen-bond acceptors (Lipinski definition) is 3. The Morgan fingerprint density at radius 3 is 2.22 bits per heavy atom. The van der Waals surface area contributed by atoms with Gasteiger partial charge >= 0.3 is 0 Å². The van der Waals surface area contributed by atoms with Crippen molar-refractivity contribution in [1.82, 2.24) is 14.5 Å². The average Bonchev–Trinajstić information content (AvgIpc) is 3.65. The Hall–Kier alpha value is -6.26. The van der Waals surface area contributed by atoms with E-state index in [0.717, 1.165) is 44.6 Å². The lowest BCUT2D eigenvalue weighted by Crippen LogP contribution is -2.11. The number of benzene rings is 6. The minimum absolute atomic E-state index is 0.0111. The number of phenols is 1. The van der Waals surface area contributed by atoms with Gasteiger partial charge in [0.05, 0.1) is 33.3 Å². The number of aromatic hydroxyl groups is 1. The lowest BCUT2D eigenvalue weighted by Gasteiger charge is -2.22. The van der Waals surface area contributed by atoms with E-state index in [2.05, 4.69) is 11.1 Å². The van der Waals surface area contributed by atoms with Crippen LogP contribution >= 0.6 is 0 Å². The fraction of sp³-hybridized carbons (Fsp3) is 0.176. The summed E-state index contributed by atoms with van der Waals surface area (Å²) in [7, 11) is 0. The first kappa shape index (κ1) is 26.5. The molecule has 272 valence electrons. The minimum Gasteiger partial charge on any atom is -0.507 e. The summed E-state index contributed by atoms with van der Waals surface area (Å²) in [4.78, 5) is 9.79. The summed E-state index contributed by atoms with van der Waals surface area (Å²) in [5.74, 6) is -0.382. The van der Waals surface area contributed by atoms with Gasteiger partial charge in [-0.3, -0.25) is 9.55 Å². The second-order valence-electron chi connectivity index (χ2n) is 15.3. The monoisotopic (exact) mass is 726 g/mol. The molecule has 0 atom stereocenters. The van der Waals surface area contributed by atoms with E-state index >= 15 is 0 Å². The summed E-state index contributed by atoms with van der Waals surface area (Å²) in [6, 6.07) is 27.7. The first-order valence-corrected chi connectivity index (χ1v) is 18.3. The molecule has 55 heavy (non-hydrogen) atoms. The van der Waals surface area contributed by atoms with E-state index in [1.54, 1.807) is 0 Å². The summed E-state index contributed by atoms with van der Waals surface area (Å²) in [5, 5.41) is 11.7. The second kappa shape index (κ2) is 14.2. The van der Waals surface area contributed by atoms with Crippen molar-refractivity contribution in [3.8, 4) is 67.5 Å². The summed E-state index contributed by atoms with van der Waals surface area (Å²) in [6.45, 7) is 13.7.